The Morgan fingerprint density at radius 3 is 2.46 bits per heavy atom. The fourth-order valence-electron chi connectivity index (χ4n) is 2.95. The van der Waals surface area contributed by atoms with E-state index in [9.17, 15) is 22.8 Å². The van der Waals surface area contributed by atoms with Gasteiger partial charge in [-0.25, -0.2) is 4.79 Å². The third-order valence-corrected chi connectivity index (χ3v) is 4.25. The Labute approximate surface area is 148 Å². The van der Waals surface area contributed by atoms with Crippen molar-refractivity contribution in [3.8, 4) is 0 Å². The highest BCUT2D eigenvalue weighted by Crippen LogP contribution is 2.31. The van der Waals surface area contributed by atoms with Crippen LogP contribution in [0.2, 0.25) is 0 Å². The molecular weight excluding hydrogens is 347 g/mol. The van der Waals surface area contributed by atoms with Gasteiger partial charge < -0.3 is 10.1 Å². The SMILES string of the molecule is O=C(COC(=O)c1ccc(C(F)(F)F)cc1)NC1CCc2ccccc21. The third kappa shape index (κ3) is 4.04. The standard InChI is InChI=1S/C19H16F3NO3/c20-19(21,22)14-8-5-13(6-9-14)18(25)26-11-17(24)23-16-10-7-12-3-1-2-4-15(12)16/h1-6,8-9,16H,7,10-11H2,(H,23,24). The Morgan fingerprint density at radius 2 is 1.77 bits per heavy atom. The molecule has 1 amide bonds. The van der Waals surface area contributed by atoms with E-state index in [0.29, 0.717) is 0 Å². The molecule has 3 rings (SSSR count). The van der Waals surface area contributed by atoms with Gasteiger partial charge in [0.15, 0.2) is 6.61 Å². The lowest BCUT2D eigenvalue weighted by molar-refractivity contribution is -0.137. The fourth-order valence-corrected chi connectivity index (χ4v) is 2.95. The van der Waals surface area contributed by atoms with Crippen molar-refractivity contribution >= 4 is 11.9 Å². The summed E-state index contributed by atoms with van der Waals surface area (Å²) in [5.41, 5.74) is 1.33. The van der Waals surface area contributed by atoms with Gasteiger partial charge in [-0.05, 0) is 48.2 Å². The number of halogens is 3. The maximum Gasteiger partial charge on any atom is 0.416 e. The van der Waals surface area contributed by atoms with Gasteiger partial charge in [-0.2, -0.15) is 13.2 Å². The van der Waals surface area contributed by atoms with Crippen LogP contribution in [0.4, 0.5) is 13.2 Å². The molecule has 0 spiro atoms. The summed E-state index contributed by atoms with van der Waals surface area (Å²) in [6.07, 6.45) is -2.83. The normalized spacial score (nSPS) is 16.0. The van der Waals surface area contributed by atoms with E-state index < -0.39 is 30.2 Å². The van der Waals surface area contributed by atoms with Crippen molar-refractivity contribution in [2.24, 2.45) is 0 Å². The first-order chi connectivity index (χ1) is 12.3. The minimum atomic E-state index is -4.47. The Kier molecular flexibility index (Phi) is 4.97. The van der Waals surface area contributed by atoms with Gasteiger partial charge >= 0.3 is 12.1 Å². The highest BCUT2D eigenvalue weighted by atomic mass is 19.4. The Hall–Kier alpha value is -2.83. The summed E-state index contributed by atoms with van der Waals surface area (Å²) in [7, 11) is 0. The van der Waals surface area contributed by atoms with Gasteiger partial charge in [0.25, 0.3) is 5.91 Å². The van der Waals surface area contributed by atoms with E-state index in [2.05, 4.69) is 5.32 Å². The van der Waals surface area contributed by atoms with Crippen LogP contribution in [-0.2, 0) is 22.1 Å². The van der Waals surface area contributed by atoms with Crippen molar-refractivity contribution in [3.05, 3.63) is 70.8 Å². The van der Waals surface area contributed by atoms with E-state index in [1.807, 2.05) is 24.3 Å². The van der Waals surface area contributed by atoms with Crippen molar-refractivity contribution in [3.63, 3.8) is 0 Å². The van der Waals surface area contributed by atoms with Crippen molar-refractivity contribution in [1.29, 1.82) is 0 Å². The number of ether oxygens (including phenoxy) is 1. The first-order valence-electron chi connectivity index (χ1n) is 8.06. The molecule has 0 fully saturated rings. The summed E-state index contributed by atoms with van der Waals surface area (Å²) in [5, 5.41) is 2.81. The van der Waals surface area contributed by atoms with Crippen LogP contribution in [0.1, 0.15) is 39.5 Å². The molecule has 0 heterocycles. The van der Waals surface area contributed by atoms with E-state index in [1.54, 1.807) is 0 Å². The van der Waals surface area contributed by atoms with Crippen molar-refractivity contribution in [2.75, 3.05) is 6.61 Å². The number of aryl methyl sites for hydroxylation is 1. The molecule has 2 aromatic carbocycles. The molecule has 1 aliphatic rings. The fraction of sp³-hybridized carbons (Fsp3) is 0.263. The van der Waals surface area contributed by atoms with Crippen molar-refractivity contribution in [1.82, 2.24) is 5.32 Å². The van der Waals surface area contributed by atoms with Gasteiger partial charge in [-0.1, -0.05) is 24.3 Å². The summed E-state index contributed by atoms with van der Waals surface area (Å²) in [4.78, 5) is 23.9. The number of hydrogen-bond acceptors (Lipinski definition) is 3. The average molecular weight is 363 g/mol. The number of benzene rings is 2. The second-order valence-corrected chi connectivity index (χ2v) is 6.01. The van der Waals surface area contributed by atoms with E-state index in [-0.39, 0.29) is 11.6 Å². The molecule has 2 aromatic rings. The molecule has 26 heavy (non-hydrogen) atoms. The van der Waals surface area contributed by atoms with Crippen molar-refractivity contribution < 1.29 is 27.5 Å². The minimum Gasteiger partial charge on any atom is -0.452 e. The topological polar surface area (TPSA) is 55.4 Å². The van der Waals surface area contributed by atoms with Gasteiger partial charge in [0, 0.05) is 0 Å². The molecule has 4 nitrogen and oxygen atoms in total. The van der Waals surface area contributed by atoms with Crippen LogP contribution in [0.5, 0.6) is 0 Å². The first kappa shape index (κ1) is 18.0. The molecule has 1 unspecified atom stereocenters. The largest absolute Gasteiger partial charge is 0.452 e. The number of esters is 1. The van der Waals surface area contributed by atoms with Crippen LogP contribution < -0.4 is 5.32 Å². The molecular formula is C19H16F3NO3. The second kappa shape index (κ2) is 7.19. The van der Waals surface area contributed by atoms with Gasteiger partial charge in [-0.3, -0.25) is 4.79 Å². The minimum absolute atomic E-state index is 0.0444. The van der Waals surface area contributed by atoms with Crippen LogP contribution >= 0.6 is 0 Å². The number of carbonyl (C=O) groups excluding carboxylic acids is 2. The Balaban J connectivity index is 1.52. The third-order valence-electron chi connectivity index (χ3n) is 4.25. The predicted molar refractivity (Wildman–Crippen MR) is 87.4 cm³/mol. The monoisotopic (exact) mass is 363 g/mol. The van der Waals surface area contributed by atoms with E-state index in [1.165, 1.54) is 5.56 Å². The number of fused-ring (bicyclic) bond motifs is 1. The highest BCUT2D eigenvalue weighted by Gasteiger charge is 2.30. The summed E-state index contributed by atoms with van der Waals surface area (Å²) >= 11 is 0. The number of rotatable bonds is 4. The lowest BCUT2D eigenvalue weighted by Gasteiger charge is -2.14. The molecule has 0 bridgehead atoms. The predicted octanol–water partition coefficient (Wildman–Crippen LogP) is 3.67. The number of carbonyl (C=O) groups is 2. The first-order valence-corrected chi connectivity index (χ1v) is 8.06. The molecule has 0 saturated carbocycles. The van der Waals surface area contributed by atoms with E-state index in [4.69, 9.17) is 4.74 Å². The van der Waals surface area contributed by atoms with Gasteiger partial charge in [0.2, 0.25) is 0 Å². The molecule has 0 aromatic heterocycles. The second-order valence-electron chi connectivity index (χ2n) is 6.01. The number of hydrogen-bond donors (Lipinski definition) is 1. The van der Waals surface area contributed by atoms with E-state index >= 15 is 0 Å². The number of alkyl halides is 3. The Morgan fingerprint density at radius 1 is 1.08 bits per heavy atom. The maximum absolute atomic E-state index is 12.5. The van der Waals surface area contributed by atoms with Crippen LogP contribution in [0, 0.1) is 0 Å². The van der Waals surface area contributed by atoms with Gasteiger partial charge in [-0.15, -0.1) is 0 Å². The molecule has 0 saturated heterocycles. The van der Waals surface area contributed by atoms with Gasteiger partial charge in [0.05, 0.1) is 17.2 Å². The summed E-state index contributed by atoms with van der Waals surface area (Å²) in [6, 6.07) is 11.3. The molecule has 0 aliphatic heterocycles. The zero-order valence-electron chi connectivity index (χ0n) is 13.7. The average Bonchev–Trinajstić information content (AvgIpc) is 3.02. The highest BCUT2D eigenvalue weighted by molar-refractivity contribution is 5.91. The number of nitrogens with one attached hydrogen (secondary N) is 1. The quantitative estimate of drug-likeness (QED) is 0.844. The number of amides is 1. The summed E-state index contributed by atoms with van der Waals surface area (Å²) < 4.78 is 42.4. The van der Waals surface area contributed by atoms with Gasteiger partial charge in [0.1, 0.15) is 0 Å². The zero-order chi connectivity index (χ0) is 18.7. The van der Waals surface area contributed by atoms with Crippen LogP contribution in [0.3, 0.4) is 0 Å². The molecule has 136 valence electrons. The van der Waals surface area contributed by atoms with Crippen LogP contribution in [-0.4, -0.2) is 18.5 Å². The molecule has 7 heteroatoms. The smallest absolute Gasteiger partial charge is 0.416 e. The van der Waals surface area contributed by atoms with E-state index in [0.717, 1.165) is 42.7 Å². The molecule has 1 atom stereocenters. The molecule has 0 radical (unpaired) electrons. The van der Waals surface area contributed by atoms with Crippen molar-refractivity contribution in [2.45, 2.75) is 25.1 Å². The lowest BCUT2D eigenvalue weighted by atomic mass is 10.1. The summed E-state index contributed by atoms with van der Waals surface area (Å²) in [5.74, 6) is -1.30. The van der Waals surface area contributed by atoms with Crippen LogP contribution in [0.25, 0.3) is 0 Å². The maximum atomic E-state index is 12.5. The Bertz CT molecular complexity index is 816. The van der Waals surface area contributed by atoms with Crippen LogP contribution in [0.15, 0.2) is 48.5 Å². The lowest BCUT2D eigenvalue weighted by Crippen LogP contribution is -2.31. The summed E-state index contributed by atoms with van der Waals surface area (Å²) in [6.45, 7) is -0.488. The molecule has 1 N–H and O–H groups in total. The molecule has 1 aliphatic carbocycles. The zero-order valence-corrected chi connectivity index (χ0v) is 13.7.